The summed E-state index contributed by atoms with van der Waals surface area (Å²) < 4.78 is 38.0. The van der Waals surface area contributed by atoms with Crippen molar-refractivity contribution in [3.8, 4) is 0 Å². The van der Waals surface area contributed by atoms with E-state index in [0.29, 0.717) is 27.6 Å². The summed E-state index contributed by atoms with van der Waals surface area (Å²) in [5.41, 5.74) is 0.545. The Morgan fingerprint density at radius 1 is 1.17 bits per heavy atom. The van der Waals surface area contributed by atoms with E-state index in [1.165, 1.54) is 12.1 Å². The maximum Gasteiger partial charge on any atom is 0.416 e. The Morgan fingerprint density at radius 3 is 2.42 bits per heavy atom. The van der Waals surface area contributed by atoms with E-state index in [-0.39, 0.29) is 5.75 Å². The average molecular weight is 418 g/mol. The van der Waals surface area contributed by atoms with Gasteiger partial charge in [-0.15, -0.1) is 0 Å². The number of aldehydes is 1. The molecule has 2 aromatic carbocycles. The molecule has 2 rings (SSSR count). The molecule has 0 spiro atoms. The van der Waals surface area contributed by atoms with Crippen molar-refractivity contribution in [2.45, 2.75) is 11.9 Å². The first-order valence-corrected chi connectivity index (χ1v) is 8.42. The summed E-state index contributed by atoms with van der Waals surface area (Å²) >= 11 is 4.11. The zero-order valence-corrected chi connectivity index (χ0v) is 14.5. The molecule has 0 aliphatic heterocycles. The van der Waals surface area contributed by atoms with E-state index in [1.807, 2.05) is 0 Å². The van der Waals surface area contributed by atoms with E-state index in [2.05, 4.69) is 21.2 Å². The van der Waals surface area contributed by atoms with Crippen LogP contribution in [-0.4, -0.2) is 11.5 Å². The van der Waals surface area contributed by atoms with Crippen molar-refractivity contribution in [1.82, 2.24) is 0 Å². The van der Waals surface area contributed by atoms with Gasteiger partial charge in [-0.1, -0.05) is 30.0 Å². The second-order valence-electron chi connectivity index (χ2n) is 4.71. The number of carbonyl (C=O) groups excluding carboxylic acids is 2. The molecule has 24 heavy (non-hydrogen) atoms. The van der Waals surface area contributed by atoms with Crippen molar-refractivity contribution in [3.05, 3.63) is 63.6 Å². The number of rotatable bonds is 4. The highest BCUT2D eigenvalue weighted by Gasteiger charge is 2.29. The van der Waals surface area contributed by atoms with Gasteiger partial charge in [0.2, 0.25) is 0 Å². The maximum atomic E-state index is 12.5. The molecule has 0 heterocycles. The van der Waals surface area contributed by atoms with Gasteiger partial charge in [-0.3, -0.25) is 9.59 Å². The first-order chi connectivity index (χ1) is 11.3. The third-order valence-corrected chi connectivity index (χ3v) is 4.59. The Labute approximate surface area is 148 Å². The Kier molecular flexibility index (Phi) is 6.06. The van der Waals surface area contributed by atoms with Crippen LogP contribution in [0.2, 0.25) is 0 Å². The largest absolute Gasteiger partial charge is 0.416 e. The quantitative estimate of drug-likeness (QED) is 0.644. The molecule has 0 aromatic heterocycles. The van der Waals surface area contributed by atoms with Crippen LogP contribution in [-0.2, 0) is 11.9 Å². The summed E-state index contributed by atoms with van der Waals surface area (Å²) in [5, 5.41) is 2.18. The lowest BCUT2D eigenvalue weighted by Gasteiger charge is -2.09. The second kappa shape index (κ2) is 7.85. The van der Waals surface area contributed by atoms with Crippen LogP contribution in [0.1, 0.15) is 21.5 Å². The van der Waals surface area contributed by atoms with Crippen molar-refractivity contribution in [3.63, 3.8) is 0 Å². The fourth-order valence-electron chi connectivity index (χ4n) is 1.85. The SMILES string of the molecule is O=Cc1c(Br)cccc1NC(=O)SCc1ccc(C(F)(F)F)cc1. The number of anilines is 1. The second-order valence-corrected chi connectivity index (χ2v) is 6.52. The van der Waals surface area contributed by atoms with Gasteiger partial charge in [0, 0.05) is 10.2 Å². The average Bonchev–Trinajstić information content (AvgIpc) is 2.53. The fraction of sp³-hybridized carbons (Fsp3) is 0.125. The highest BCUT2D eigenvalue weighted by molar-refractivity contribution is 9.10. The number of amides is 1. The number of hydrogen-bond acceptors (Lipinski definition) is 3. The number of alkyl halides is 3. The molecule has 0 atom stereocenters. The lowest BCUT2D eigenvalue weighted by atomic mass is 10.1. The fourth-order valence-corrected chi connectivity index (χ4v) is 2.98. The van der Waals surface area contributed by atoms with Crippen molar-refractivity contribution in [2.24, 2.45) is 0 Å². The smallest absolute Gasteiger partial charge is 0.316 e. The topological polar surface area (TPSA) is 46.2 Å². The Hall–Kier alpha value is -1.80. The number of nitrogens with one attached hydrogen (secondary N) is 1. The molecule has 0 aliphatic carbocycles. The highest BCUT2D eigenvalue weighted by atomic mass is 79.9. The lowest BCUT2D eigenvalue weighted by Crippen LogP contribution is -2.08. The van der Waals surface area contributed by atoms with Gasteiger partial charge in [0.05, 0.1) is 16.8 Å². The molecule has 0 aliphatic rings. The van der Waals surface area contributed by atoms with Gasteiger partial charge in [0.1, 0.15) is 0 Å². The van der Waals surface area contributed by atoms with E-state index >= 15 is 0 Å². The minimum atomic E-state index is -4.38. The summed E-state index contributed by atoms with van der Waals surface area (Å²) in [6, 6.07) is 9.56. The standard InChI is InChI=1S/C16H11BrF3NO2S/c17-13-2-1-3-14(12(13)8-22)21-15(23)24-9-10-4-6-11(7-5-10)16(18,19)20/h1-8H,9H2,(H,21,23). The molecule has 1 amide bonds. The molecule has 0 saturated carbocycles. The molecule has 8 heteroatoms. The van der Waals surface area contributed by atoms with Gasteiger partial charge >= 0.3 is 6.18 Å². The molecular weight excluding hydrogens is 407 g/mol. The van der Waals surface area contributed by atoms with Crippen molar-refractivity contribution in [2.75, 3.05) is 5.32 Å². The number of halogens is 4. The number of benzene rings is 2. The van der Waals surface area contributed by atoms with Crippen LogP contribution in [0.25, 0.3) is 0 Å². The Morgan fingerprint density at radius 2 is 1.83 bits per heavy atom. The zero-order chi connectivity index (χ0) is 17.7. The zero-order valence-electron chi connectivity index (χ0n) is 12.1. The predicted octanol–water partition coefficient (Wildman–Crippen LogP) is 5.75. The molecule has 126 valence electrons. The summed E-state index contributed by atoms with van der Waals surface area (Å²) in [4.78, 5) is 23.0. The molecule has 0 radical (unpaired) electrons. The number of hydrogen-bond donors (Lipinski definition) is 1. The van der Waals surface area contributed by atoms with Crippen LogP contribution in [0.4, 0.5) is 23.7 Å². The van der Waals surface area contributed by atoms with E-state index in [4.69, 9.17) is 0 Å². The van der Waals surface area contributed by atoms with E-state index in [0.717, 1.165) is 23.9 Å². The van der Waals surface area contributed by atoms with Gasteiger partial charge in [0.25, 0.3) is 5.24 Å². The lowest BCUT2D eigenvalue weighted by molar-refractivity contribution is -0.137. The van der Waals surface area contributed by atoms with Gasteiger partial charge in [-0.25, -0.2) is 0 Å². The molecule has 0 bridgehead atoms. The number of thioether (sulfide) groups is 1. The molecule has 1 N–H and O–H groups in total. The van der Waals surface area contributed by atoms with Crippen molar-refractivity contribution < 1.29 is 22.8 Å². The van der Waals surface area contributed by atoms with Crippen LogP contribution >= 0.6 is 27.7 Å². The highest BCUT2D eigenvalue weighted by Crippen LogP contribution is 2.30. The van der Waals surface area contributed by atoms with Gasteiger partial charge in [-0.05, 0) is 45.8 Å². The van der Waals surface area contributed by atoms with Gasteiger partial charge in [-0.2, -0.15) is 13.2 Å². The monoisotopic (exact) mass is 417 g/mol. The van der Waals surface area contributed by atoms with Gasteiger partial charge < -0.3 is 5.32 Å². The molecular formula is C16H11BrF3NO2S. The first kappa shape index (κ1) is 18.5. The van der Waals surface area contributed by atoms with E-state index < -0.39 is 17.0 Å². The van der Waals surface area contributed by atoms with E-state index in [1.54, 1.807) is 18.2 Å². The van der Waals surface area contributed by atoms with Crippen molar-refractivity contribution >= 4 is 44.9 Å². The predicted molar refractivity (Wildman–Crippen MR) is 91.3 cm³/mol. The summed E-state index contributed by atoms with van der Waals surface area (Å²) in [6.45, 7) is 0. The van der Waals surface area contributed by atoms with Crippen LogP contribution in [0.5, 0.6) is 0 Å². The molecule has 0 fully saturated rings. The van der Waals surface area contributed by atoms with Crippen LogP contribution in [0, 0.1) is 0 Å². The molecule has 0 saturated heterocycles. The third kappa shape index (κ3) is 4.85. The summed E-state index contributed by atoms with van der Waals surface area (Å²) in [6.07, 6.45) is -3.75. The third-order valence-electron chi connectivity index (χ3n) is 3.06. The van der Waals surface area contributed by atoms with Crippen LogP contribution in [0.3, 0.4) is 0 Å². The minimum absolute atomic E-state index is 0.217. The maximum absolute atomic E-state index is 12.5. The normalized spacial score (nSPS) is 11.2. The van der Waals surface area contributed by atoms with Gasteiger partial charge in [0.15, 0.2) is 6.29 Å². The molecule has 0 unspecified atom stereocenters. The minimum Gasteiger partial charge on any atom is -0.316 e. The Balaban J connectivity index is 1.97. The summed E-state index contributed by atoms with van der Waals surface area (Å²) in [5.74, 6) is 0.217. The van der Waals surface area contributed by atoms with Crippen molar-refractivity contribution in [1.29, 1.82) is 0 Å². The number of carbonyl (C=O) groups is 2. The first-order valence-electron chi connectivity index (χ1n) is 6.65. The van der Waals surface area contributed by atoms with Crippen LogP contribution < -0.4 is 5.32 Å². The van der Waals surface area contributed by atoms with E-state index in [9.17, 15) is 22.8 Å². The van der Waals surface area contributed by atoms with Crippen LogP contribution in [0.15, 0.2) is 46.9 Å². The molecule has 2 aromatic rings. The Bertz CT molecular complexity index is 748. The summed E-state index contributed by atoms with van der Waals surface area (Å²) in [7, 11) is 0. The molecule has 3 nitrogen and oxygen atoms in total.